The number of fused-ring (bicyclic) bond motifs is 1. The maximum atomic E-state index is 11.5. The third kappa shape index (κ3) is 2.98. The number of nitrogens with one attached hydrogen (secondary N) is 3. The molecule has 0 aliphatic heterocycles. The molecule has 0 radical (unpaired) electrons. The van der Waals surface area contributed by atoms with Crippen molar-refractivity contribution in [2.45, 2.75) is 18.6 Å². The molecule has 5 N–H and O–H groups in total. The van der Waals surface area contributed by atoms with Gasteiger partial charge < -0.3 is 24.9 Å². The standard InChI is InChI=1S/C11H16N4O3S/c1-12-6(4-19-18)2-8(16)7-3-13-10-9(7)14-5-15-11(10)17/h3,5-6,8,12-13,16,18H,2,4H2,1H3,(H,14,15,17). The van der Waals surface area contributed by atoms with Crippen LogP contribution in [0.15, 0.2) is 17.3 Å². The molecule has 0 saturated heterocycles. The Bertz CT molecular complexity index is 597. The van der Waals surface area contributed by atoms with Gasteiger partial charge in [-0.1, -0.05) is 0 Å². The number of aliphatic hydroxyl groups is 1. The highest BCUT2D eigenvalue weighted by Crippen LogP contribution is 2.24. The molecule has 0 aromatic carbocycles. The van der Waals surface area contributed by atoms with Crippen LogP contribution in [0.5, 0.6) is 0 Å². The maximum Gasteiger partial charge on any atom is 0.275 e. The summed E-state index contributed by atoms with van der Waals surface area (Å²) in [6.45, 7) is 0. The first-order valence-electron chi connectivity index (χ1n) is 5.83. The van der Waals surface area contributed by atoms with Gasteiger partial charge in [0.25, 0.3) is 5.56 Å². The van der Waals surface area contributed by atoms with E-state index in [0.717, 1.165) is 12.0 Å². The van der Waals surface area contributed by atoms with Crippen LogP contribution in [-0.4, -0.2) is 43.5 Å². The summed E-state index contributed by atoms with van der Waals surface area (Å²) in [5, 5.41) is 13.2. The van der Waals surface area contributed by atoms with Gasteiger partial charge in [0.05, 0.1) is 12.4 Å². The molecule has 2 rings (SSSR count). The van der Waals surface area contributed by atoms with E-state index in [9.17, 15) is 9.90 Å². The largest absolute Gasteiger partial charge is 0.388 e. The number of aliphatic hydroxyl groups excluding tert-OH is 1. The molecule has 8 heteroatoms. The smallest absolute Gasteiger partial charge is 0.275 e. The number of H-pyrrole nitrogens is 2. The van der Waals surface area contributed by atoms with E-state index in [1.165, 1.54) is 6.33 Å². The topological polar surface area (TPSA) is 114 Å². The zero-order chi connectivity index (χ0) is 13.8. The third-order valence-electron chi connectivity index (χ3n) is 3.05. The second kappa shape index (κ2) is 6.20. The van der Waals surface area contributed by atoms with E-state index in [1.807, 2.05) is 0 Å². The number of aromatic amines is 2. The van der Waals surface area contributed by atoms with Crippen molar-refractivity contribution < 1.29 is 9.66 Å². The van der Waals surface area contributed by atoms with Gasteiger partial charge in [0.1, 0.15) is 11.0 Å². The Morgan fingerprint density at radius 2 is 2.32 bits per heavy atom. The minimum Gasteiger partial charge on any atom is -0.388 e. The lowest BCUT2D eigenvalue weighted by Gasteiger charge is -2.17. The molecule has 2 atom stereocenters. The van der Waals surface area contributed by atoms with Crippen LogP contribution in [-0.2, 0) is 0 Å². The van der Waals surface area contributed by atoms with Gasteiger partial charge in [-0.3, -0.25) is 4.79 Å². The van der Waals surface area contributed by atoms with E-state index < -0.39 is 6.10 Å². The Kier molecular flexibility index (Phi) is 4.59. The molecule has 2 aromatic rings. The van der Waals surface area contributed by atoms with Crippen molar-refractivity contribution in [2.75, 3.05) is 12.8 Å². The maximum absolute atomic E-state index is 11.5. The van der Waals surface area contributed by atoms with Gasteiger partial charge in [0, 0.05) is 23.6 Å². The van der Waals surface area contributed by atoms with Crippen molar-refractivity contribution in [3.8, 4) is 0 Å². The van der Waals surface area contributed by atoms with E-state index in [-0.39, 0.29) is 11.6 Å². The van der Waals surface area contributed by atoms with E-state index >= 15 is 0 Å². The van der Waals surface area contributed by atoms with Crippen molar-refractivity contribution in [3.05, 3.63) is 28.4 Å². The number of rotatable bonds is 6. The molecule has 0 bridgehead atoms. The molecule has 0 fully saturated rings. The molecular formula is C11H16N4O3S. The summed E-state index contributed by atoms with van der Waals surface area (Å²) in [6, 6.07) is -0.0306. The van der Waals surface area contributed by atoms with Crippen LogP contribution < -0.4 is 10.9 Å². The van der Waals surface area contributed by atoms with Crippen LogP contribution in [0.1, 0.15) is 18.1 Å². The first kappa shape index (κ1) is 14.1. The highest BCUT2D eigenvalue weighted by atomic mass is 32.2. The van der Waals surface area contributed by atoms with Gasteiger partial charge in [0.15, 0.2) is 0 Å². The predicted molar refractivity (Wildman–Crippen MR) is 74.2 cm³/mol. The van der Waals surface area contributed by atoms with Crippen molar-refractivity contribution in [3.63, 3.8) is 0 Å². The fraction of sp³-hybridized carbons (Fsp3) is 0.455. The molecular weight excluding hydrogens is 268 g/mol. The lowest BCUT2D eigenvalue weighted by atomic mass is 10.0. The van der Waals surface area contributed by atoms with E-state index in [0.29, 0.717) is 28.8 Å². The molecule has 0 saturated carbocycles. The molecule has 0 spiro atoms. The SMILES string of the molecule is CNC(CSO)CC(O)c1c[nH]c2c(=O)[nH]cnc12. The van der Waals surface area contributed by atoms with E-state index in [2.05, 4.69) is 20.3 Å². The fourth-order valence-corrected chi connectivity index (χ4v) is 2.46. The van der Waals surface area contributed by atoms with Gasteiger partial charge in [-0.25, -0.2) is 4.98 Å². The Morgan fingerprint density at radius 1 is 1.53 bits per heavy atom. The average molecular weight is 284 g/mol. The monoisotopic (exact) mass is 284 g/mol. The van der Waals surface area contributed by atoms with Gasteiger partial charge in [-0.05, 0) is 25.5 Å². The minimum absolute atomic E-state index is 0.0306. The van der Waals surface area contributed by atoms with Crippen LogP contribution in [0, 0.1) is 0 Å². The van der Waals surface area contributed by atoms with Crippen molar-refractivity contribution >= 4 is 23.1 Å². The van der Waals surface area contributed by atoms with Gasteiger partial charge >= 0.3 is 0 Å². The van der Waals surface area contributed by atoms with Crippen molar-refractivity contribution in [1.82, 2.24) is 20.3 Å². The molecule has 2 aromatic heterocycles. The molecule has 0 aliphatic rings. The van der Waals surface area contributed by atoms with Crippen LogP contribution in [0.4, 0.5) is 0 Å². The Hall–Kier alpha value is -1.35. The predicted octanol–water partition coefficient (Wildman–Crippen LogP) is 0.469. The highest BCUT2D eigenvalue weighted by molar-refractivity contribution is 7.93. The molecule has 2 heterocycles. The van der Waals surface area contributed by atoms with Gasteiger partial charge in [-0.2, -0.15) is 0 Å². The second-order valence-corrected chi connectivity index (χ2v) is 4.82. The summed E-state index contributed by atoms with van der Waals surface area (Å²) in [4.78, 5) is 20.9. The zero-order valence-corrected chi connectivity index (χ0v) is 11.2. The molecule has 7 nitrogen and oxygen atoms in total. The lowest BCUT2D eigenvalue weighted by Crippen LogP contribution is -2.29. The Balaban J connectivity index is 2.24. The third-order valence-corrected chi connectivity index (χ3v) is 3.60. The summed E-state index contributed by atoms with van der Waals surface area (Å²) in [6.07, 6.45) is 2.57. The Morgan fingerprint density at radius 3 is 3.00 bits per heavy atom. The number of hydrogen-bond donors (Lipinski definition) is 5. The lowest BCUT2D eigenvalue weighted by molar-refractivity contribution is 0.157. The van der Waals surface area contributed by atoms with Crippen LogP contribution in [0.2, 0.25) is 0 Å². The molecule has 104 valence electrons. The number of hydrogen-bond acceptors (Lipinski definition) is 6. The second-order valence-electron chi connectivity index (χ2n) is 4.23. The highest BCUT2D eigenvalue weighted by Gasteiger charge is 2.19. The van der Waals surface area contributed by atoms with E-state index in [4.69, 9.17) is 4.55 Å². The zero-order valence-electron chi connectivity index (χ0n) is 10.4. The van der Waals surface area contributed by atoms with Gasteiger partial charge in [-0.15, -0.1) is 0 Å². The molecule has 0 amide bonds. The van der Waals surface area contributed by atoms with Crippen LogP contribution in [0.25, 0.3) is 11.0 Å². The number of aromatic nitrogens is 3. The van der Waals surface area contributed by atoms with Gasteiger partial charge in [0.2, 0.25) is 0 Å². The average Bonchev–Trinajstić information content (AvgIpc) is 2.83. The summed E-state index contributed by atoms with van der Waals surface area (Å²) in [5.41, 5.74) is 1.15. The fourth-order valence-electron chi connectivity index (χ4n) is 1.98. The Labute approximate surface area is 113 Å². The summed E-state index contributed by atoms with van der Waals surface area (Å²) < 4.78 is 8.85. The minimum atomic E-state index is -0.757. The quantitative estimate of drug-likeness (QED) is 0.493. The summed E-state index contributed by atoms with van der Waals surface area (Å²) in [5.74, 6) is 0.476. The molecule has 2 unspecified atom stereocenters. The van der Waals surface area contributed by atoms with Crippen molar-refractivity contribution in [2.24, 2.45) is 0 Å². The molecule has 19 heavy (non-hydrogen) atoms. The normalized spacial score (nSPS) is 14.7. The van der Waals surface area contributed by atoms with Crippen molar-refractivity contribution in [1.29, 1.82) is 0 Å². The molecule has 0 aliphatic carbocycles. The van der Waals surface area contributed by atoms with E-state index in [1.54, 1.807) is 13.2 Å². The first-order chi connectivity index (χ1) is 9.17. The van der Waals surface area contributed by atoms with Crippen LogP contribution in [0.3, 0.4) is 0 Å². The number of nitrogens with zero attached hydrogens (tertiary/aromatic N) is 1. The first-order valence-corrected chi connectivity index (χ1v) is 6.78. The summed E-state index contributed by atoms with van der Waals surface area (Å²) in [7, 11) is 1.77. The summed E-state index contributed by atoms with van der Waals surface area (Å²) >= 11 is 0.728. The van der Waals surface area contributed by atoms with Crippen LogP contribution >= 0.6 is 12.0 Å².